The van der Waals surface area contributed by atoms with Gasteiger partial charge in [-0.05, 0) is 13.0 Å². The number of rotatable bonds is 5. The number of nitriles is 1. The molecule has 4 heteroatoms. The van der Waals surface area contributed by atoms with Gasteiger partial charge >= 0.3 is 0 Å². The fourth-order valence-corrected chi connectivity index (χ4v) is 1.22. The van der Waals surface area contributed by atoms with Gasteiger partial charge < -0.3 is 4.74 Å². The summed E-state index contributed by atoms with van der Waals surface area (Å²) in [5.41, 5.74) is 0.726. The topological polar surface area (TPSA) is 33.0 Å². The molecule has 2 nitrogen and oxygen atoms in total. The number of alkyl halides is 2. The number of nitrogens with zero attached hydrogens (tertiary/aromatic N) is 1. The van der Waals surface area contributed by atoms with Crippen molar-refractivity contribution in [3.05, 3.63) is 29.8 Å². The van der Waals surface area contributed by atoms with Crippen molar-refractivity contribution in [3.63, 3.8) is 0 Å². The number of ether oxygens (including phenoxy) is 1. The van der Waals surface area contributed by atoms with Crippen LogP contribution < -0.4 is 4.74 Å². The monoisotopic (exact) mass is 225 g/mol. The van der Waals surface area contributed by atoms with Gasteiger partial charge in [0.05, 0.1) is 19.1 Å². The molecule has 0 aliphatic carbocycles. The molecule has 1 aromatic rings. The third kappa shape index (κ3) is 4.26. The van der Waals surface area contributed by atoms with Crippen molar-refractivity contribution in [1.82, 2.24) is 0 Å². The minimum absolute atomic E-state index is 0.0497. The number of halogens is 2. The van der Waals surface area contributed by atoms with Crippen LogP contribution in [0.3, 0.4) is 0 Å². The Morgan fingerprint density at radius 1 is 1.38 bits per heavy atom. The van der Waals surface area contributed by atoms with Crippen LogP contribution in [-0.2, 0) is 6.42 Å². The van der Waals surface area contributed by atoms with Crippen LogP contribution >= 0.6 is 0 Å². The molecule has 0 unspecified atom stereocenters. The first-order chi connectivity index (χ1) is 7.53. The van der Waals surface area contributed by atoms with E-state index in [2.05, 4.69) is 0 Å². The summed E-state index contributed by atoms with van der Waals surface area (Å²) in [7, 11) is 0. The summed E-state index contributed by atoms with van der Waals surface area (Å²) in [6.07, 6.45) is -0.105. The minimum Gasteiger partial charge on any atom is -0.493 e. The molecule has 0 atom stereocenters. The highest BCUT2D eigenvalue weighted by molar-refractivity contribution is 5.35. The number of para-hydroxylation sites is 1. The van der Waals surface area contributed by atoms with E-state index >= 15 is 0 Å². The smallest absolute Gasteiger partial charge is 0.248 e. The Morgan fingerprint density at radius 3 is 2.69 bits per heavy atom. The number of hydrogen-bond acceptors (Lipinski definition) is 2. The highest BCUT2D eigenvalue weighted by Gasteiger charge is 2.20. The van der Waals surface area contributed by atoms with E-state index in [-0.39, 0.29) is 19.4 Å². The van der Waals surface area contributed by atoms with Crippen molar-refractivity contribution in [2.45, 2.75) is 25.7 Å². The second-order valence-electron chi connectivity index (χ2n) is 3.61. The van der Waals surface area contributed by atoms with E-state index < -0.39 is 5.92 Å². The first-order valence-electron chi connectivity index (χ1n) is 4.98. The van der Waals surface area contributed by atoms with Gasteiger partial charge in [-0.2, -0.15) is 5.26 Å². The third-order valence-electron chi connectivity index (χ3n) is 2.04. The molecule has 0 aliphatic heterocycles. The maximum absolute atomic E-state index is 12.5. The Labute approximate surface area is 93.5 Å². The zero-order valence-corrected chi connectivity index (χ0v) is 9.04. The van der Waals surface area contributed by atoms with Crippen LogP contribution in [0.4, 0.5) is 8.78 Å². The Bertz CT molecular complexity index is 379. The summed E-state index contributed by atoms with van der Waals surface area (Å²) in [6, 6.07) is 8.97. The molecule has 0 saturated heterocycles. The highest BCUT2D eigenvalue weighted by atomic mass is 19.3. The number of benzene rings is 1. The van der Waals surface area contributed by atoms with Crippen LogP contribution in [0.15, 0.2) is 24.3 Å². The van der Waals surface area contributed by atoms with Crippen molar-refractivity contribution in [3.8, 4) is 11.8 Å². The van der Waals surface area contributed by atoms with Crippen molar-refractivity contribution in [2.24, 2.45) is 0 Å². The Kier molecular flexibility index (Phi) is 4.24. The predicted octanol–water partition coefficient (Wildman–Crippen LogP) is 3.18. The van der Waals surface area contributed by atoms with E-state index in [1.807, 2.05) is 6.07 Å². The van der Waals surface area contributed by atoms with Crippen LogP contribution in [0, 0.1) is 11.3 Å². The first-order valence-corrected chi connectivity index (χ1v) is 4.98. The summed E-state index contributed by atoms with van der Waals surface area (Å²) in [4.78, 5) is 0. The van der Waals surface area contributed by atoms with E-state index in [4.69, 9.17) is 10.00 Å². The molecule has 86 valence electrons. The molecule has 0 aromatic heterocycles. The average molecular weight is 225 g/mol. The molecule has 1 rings (SSSR count). The lowest BCUT2D eigenvalue weighted by molar-refractivity contribution is 0.000781. The summed E-state index contributed by atoms with van der Waals surface area (Å²) in [5.74, 6) is -2.21. The molecule has 0 fully saturated rings. The van der Waals surface area contributed by atoms with Gasteiger partial charge in [-0.25, -0.2) is 8.78 Å². The lowest BCUT2D eigenvalue weighted by atomic mass is 10.1. The molecule has 0 radical (unpaired) electrons. The van der Waals surface area contributed by atoms with Crippen LogP contribution in [0.25, 0.3) is 0 Å². The molecule has 0 bridgehead atoms. The van der Waals surface area contributed by atoms with Gasteiger partial charge in [0.2, 0.25) is 5.92 Å². The molecular formula is C12H13F2NO. The maximum Gasteiger partial charge on any atom is 0.248 e. The number of hydrogen-bond donors (Lipinski definition) is 0. The van der Waals surface area contributed by atoms with E-state index in [0.717, 1.165) is 12.5 Å². The predicted molar refractivity (Wildman–Crippen MR) is 56.5 cm³/mol. The molecule has 0 saturated carbocycles. The SMILES string of the molecule is CC(F)(F)CCOc1ccccc1CC#N. The maximum atomic E-state index is 12.5. The standard InChI is InChI=1S/C12H13F2NO/c1-12(13,14)7-9-16-11-5-3-2-4-10(11)6-8-15/h2-5H,6-7,9H2,1H3. The van der Waals surface area contributed by atoms with Crippen LogP contribution in [0.5, 0.6) is 5.75 Å². The van der Waals surface area contributed by atoms with Crippen molar-refractivity contribution in [1.29, 1.82) is 5.26 Å². The van der Waals surface area contributed by atoms with Gasteiger partial charge in [0.15, 0.2) is 0 Å². The normalized spacial score (nSPS) is 10.9. The lowest BCUT2D eigenvalue weighted by Crippen LogP contribution is -2.15. The van der Waals surface area contributed by atoms with Crippen molar-refractivity contribution >= 4 is 0 Å². The van der Waals surface area contributed by atoms with Gasteiger partial charge in [0.25, 0.3) is 0 Å². The zero-order chi connectivity index (χ0) is 12.0. The zero-order valence-electron chi connectivity index (χ0n) is 9.04. The van der Waals surface area contributed by atoms with Crippen LogP contribution in [-0.4, -0.2) is 12.5 Å². The highest BCUT2D eigenvalue weighted by Crippen LogP contribution is 2.21. The fourth-order valence-electron chi connectivity index (χ4n) is 1.22. The van der Waals surface area contributed by atoms with Gasteiger partial charge in [-0.1, -0.05) is 18.2 Å². The third-order valence-corrected chi connectivity index (χ3v) is 2.04. The Balaban J connectivity index is 2.57. The van der Waals surface area contributed by atoms with Gasteiger partial charge in [0.1, 0.15) is 5.75 Å². The van der Waals surface area contributed by atoms with E-state index in [1.54, 1.807) is 24.3 Å². The molecule has 16 heavy (non-hydrogen) atoms. The lowest BCUT2D eigenvalue weighted by Gasteiger charge is -2.12. The summed E-state index contributed by atoms with van der Waals surface area (Å²) in [5, 5.41) is 8.57. The van der Waals surface area contributed by atoms with Gasteiger partial charge in [-0.15, -0.1) is 0 Å². The second-order valence-corrected chi connectivity index (χ2v) is 3.61. The minimum atomic E-state index is -2.72. The van der Waals surface area contributed by atoms with Crippen molar-refractivity contribution < 1.29 is 13.5 Å². The summed E-state index contributed by atoms with van der Waals surface area (Å²) >= 11 is 0. The molecule has 1 aromatic carbocycles. The molecule has 0 N–H and O–H groups in total. The van der Waals surface area contributed by atoms with E-state index in [9.17, 15) is 8.78 Å². The molecule has 0 aliphatic rings. The molecule has 0 spiro atoms. The Morgan fingerprint density at radius 2 is 2.06 bits per heavy atom. The Hall–Kier alpha value is -1.63. The molecule has 0 amide bonds. The first kappa shape index (κ1) is 12.4. The van der Waals surface area contributed by atoms with E-state index in [0.29, 0.717) is 5.75 Å². The van der Waals surface area contributed by atoms with Crippen molar-refractivity contribution in [2.75, 3.05) is 6.61 Å². The summed E-state index contributed by atoms with van der Waals surface area (Å²) in [6.45, 7) is 0.809. The fraction of sp³-hybridized carbons (Fsp3) is 0.417. The average Bonchev–Trinajstić information content (AvgIpc) is 2.19. The van der Waals surface area contributed by atoms with E-state index in [1.165, 1.54) is 0 Å². The molecule has 0 heterocycles. The second kappa shape index (κ2) is 5.45. The quantitative estimate of drug-likeness (QED) is 0.771. The van der Waals surface area contributed by atoms with Gasteiger partial charge in [0, 0.05) is 12.0 Å². The largest absolute Gasteiger partial charge is 0.493 e. The van der Waals surface area contributed by atoms with Crippen LogP contribution in [0.2, 0.25) is 0 Å². The van der Waals surface area contributed by atoms with Crippen LogP contribution in [0.1, 0.15) is 18.9 Å². The summed E-state index contributed by atoms with van der Waals surface area (Å²) < 4.78 is 30.3. The molecular weight excluding hydrogens is 212 g/mol. The van der Waals surface area contributed by atoms with Gasteiger partial charge in [-0.3, -0.25) is 0 Å².